The van der Waals surface area contributed by atoms with Crippen LogP contribution < -0.4 is 5.32 Å². The molecule has 27 heavy (non-hydrogen) atoms. The summed E-state index contributed by atoms with van der Waals surface area (Å²) >= 11 is 1.76. The van der Waals surface area contributed by atoms with E-state index in [1.807, 2.05) is 11.8 Å². The number of rotatable bonds is 6. The Morgan fingerprint density at radius 2 is 1.93 bits per heavy atom. The normalized spacial score (nSPS) is 28.3. The number of aliphatic hydroxyl groups is 1. The van der Waals surface area contributed by atoms with Gasteiger partial charge in [-0.15, -0.1) is 24.0 Å². The lowest BCUT2D eigenvalue weighted by molar-refractivity contribution is -0.181. The first-order valence-corrected chi connectivity index (χ1v) is 10.4. The maximum absolute atomic E-state index is 12.9. The van der Waals surface area contributed by atoms with Crippen molar-refractivity contribution in [2.24, 2.45) is 4.99 Å². The van der Waals surface area contributed by atoms with Gasteiger partial charge in [0.15, 0.2) is 5.96 Å². The Kier molecular flexibility index (Phi) is 9.97. The lowest BCUT2D eigenvalue weighted by Gasteiger charge is -2.44. The molecule has 1 saturated heterocycles. The van der Waals surface area contributed by atoms with Gasteiger partial charge in [-0.05, 0) is 32.4 Å². The monoisotopic (exact) mass is 524 g/mol. The fourth-order valence-electron chi connectivity index (χ4n) is 3.38. The fraction of sp³-hybridized carbons (Fsp3) is 0.941. The van der Waals surface area contributed by atoms with Crippen LogP contribution in [-0.4, -0.2) is 89.0 Å². The van der Waals surface area contributed by atoms with E-state index in [1.165, 1.54) is 11.8 Å². The fourth-order valence-corrected chi connectivity index (χ4v) is 4.57. The molecule has 0 aromatic heterocycles. The average Bonchev–Trinajstić information content (AvgIpc) is 2.60. The molecule has 0 aromatic rings. The summed E-state index contributed by atoms with van der Waals surface area (Å²) < 4.78 is 38.7. The van der Waals surface area contributed by atoms with Gasteiger partial charge >= 0.3 is 6.18 Å². The topological polar surface area (TPSA) is 51.1 Å². The zero-order chi connectivity index (χ0) is 19.4. The minimum atomic E-state index is -4.19. The van der Waals surface area contributed by atoms with Gasteiger partial charge < -0.3 is 15.3 Å². The third-order valence-electron chi connectivity index (χ3n) is 5.28. The summed E-state index contributed by atoms with van der Waals surface area (Å²) in [6, 6.07) is -1.42. The minimum Gasteiger partial charge on any atom is -0.387 e. The highest BCUT2D eigenvalue weighted by Gasteiger charge is 2.45. The molecule has 0 aromatic carbocycles. The molecule has 160 valence electrons. The van der Waals surface area contributed by atoms with Crippen molar-refractivity contribution in [3.8, 4) is 0 Å². The number of hydrogen-bond acceptors (Lipinski definition) is 4. The second-order valence-corrected chi connectivity index (χ2v) is 8.48. The summed E-state index contributed by atoms with van der Waals surface area (Å²) in [6.45, 7) is 7.98. The zero-order valence-electron chi connectivity index (χ0n) is 16.3. The molecule has 3 atom stereocenters. The highest BCUT2D eigenvalue weighted by atomic mass is 127. The Labute approximate surface area is 181 Å². The highest BCUT2D eigenvalue weighted by Crippen LogP contribution is 2.41. The van der Waals surface area contributed by atoms with E-state index in [2.05, 4.69) is 17.2 Å². The van der Waals surface area contributed by atoms with Crippen molar-refractivity contribution in [1.29, 1.82) is 0 Å². The molecular formula is C17H32F3IN4OS. The minimum absolute atomic E-state index is 0. The molecule has 0 radical (unpaired) electrons. The molecule has 0 amide bonds. The SMILES string of the molecule is CCNC(=NCC1(O)CCC1SCC)N1CCN(C(C)C(F)(F)F)CC1.I. The summed E-state index contributed by atoms with van der Waals surface area (Å²) in [5.74, 6) is 1.66. The van der Waals surface area contributed by atoms with Crippen molar-refractivity contribution in [3.05, 3.63) is 0 Å². The van der Waals surface area contributed by atoms with E-state index < -0.39 is 17.8 Å². The predicted molar refractivity (Wildman–Crippen MR) is 116 cm³/mol. The molecule has 5 nitrogen and oxygen atoms in total. The first-order valence-electron chi connectivity index (χ1n) is 9.39. The van der Waals surface area contributed by atoms with Crippen molar-refractivity contribution >= 4 is 41.7 Å². The second kappa shape index (κ2) is 10.7. The quantitative estimate of drug-likeness (QED) is 0.318. The summed E-state index contributed by atoms with van der Waals surface area (Å²) in [5.41, 5.74) is -0.756. The second-order valence-electron chi connectivity index (χ2n) is 7.00. The van der Waals surface area contributed by atoms with Crippen LogP contribution in [0.25, 0.3) is 0 Å². The van der Waals surface area contributed by atoms with E-state index in [-0.39, 0.29) is 29.2 Å². The third kappa shape index (κ3) is 6.53. The number of piperazine rings is 1. The van der Waals surface area contributed by atoms with Crippen LogP contribution in [0.5, 0.6) is 0 Å². The van der Waals surface area contributed by atoms with Crippen LogP contribution in [0.1, 0.15) is 33.6 Å². The van der Waals surface area contributed by atoms with Crippen molar-refractivity contribution < 1.29 is 18.3 Å². The van der Waals surface area contributed by atoms with Crippen LogP contribution in [0.4, 0.5) is 13.2 Å². The molecule has 3 unspecified atom stereocenters. The van der Waals surface area contributed by atoms with Crippen molar-refractivity contribution in [3.63, 3.8) is 0 Å². The molecule has 0 spiro atoms. The van der Waals surface area contributed by atoms with Gasteiger partial charge in [0.2, 0.25) is 0 Å². The van der Waals surface area contributed by atoms with Crippen molar-refractivity contribution in [2.45, 2.75) is 56.7 Å². The molecule has 1 aliphatic carbocycles. The number of thioether (sulfide) groups is 1. The van der Waals surface area contributed by atoms with Crippen LogP contribution in [0, 0.1) is 0 Å². The van der Waals surface area contributed by atoms with E-state index in [0.717, 1.165) is 18.6 Å². The van der Waals surface area contributed by atoms with Crippen LogP contribution in [-0.2, 0) is 0 Å². The van der Waals surface area contributed by atoms with Crippen LogP contribution in [0.15, 0.2) is 4.99 Å². The standard InChI is InChI=1S/C17H31F3N4OS.HI/c1-4-21-15(22-12-16(25)7-6-14(16)26-5-2)24-10-8-23(9-11-24)13(3)17(18,19)20;/h13-14,25H,4-12H2,1-3H3,(H,21,22);1H. The number of hydrogen-bond donors (Lipinski definition) is 2. The summed E-state index contributed by atoms with van der Waals surface area (Å²) in [4.78, 5) is 8.07. The summed E-state index contributed by atoms with van der Waals surface area (Å²) in [7, 11) is 0. The number of guanidine groups is 1. The number of halogens is 4. The maximum atomic E-state index is 12.9. The molecule has 2 fully saturated rings. The van der Waals surface area contributed by atoms with E-state index in [9.17, 15) is 18.3 Å². The number of nitrogens with one attached hydrogen (secondary N) is 1. The van der Waals surface area contributed by atoms with E-state index in [1.54, 1.807) is 11.8 Å². The van der Waals surface area contributed by atoms with Crippen LogP contribution in [0.2, 0.25) is 0 Å². The Morgan fingerprint density at radius 3 is 2.37 bits per heavy atom. The average molecular weight is 524 g/mol. The predicted octanol–water partition coefficient (Wildman–Crippen LogP) is 2.78. The Hall–Kier alpha value is 0.0600. The summed E-state index contributed by atoms with van der Waals surface area (Å²) in [5, 5.41) is 14.2. The number of nitrogens with zero attached hydrogens (tertiary/aromatic N) is 3. The van der Waals surface area contributed by atoms with Gasteiger partial charge in [0.05, 0.1) is 12.1 Å². The number of alkyl halides is 3. The van der Waals surface area contributed by atoms with Gasteiger partial charge in [-0.3, -0.25) is 9.89 Å². The molecular weight excluding hydrogens is 492 g/mol. The Bertz CT molecular complexity index is 489. The van der Waals surface area contributed by atoms with E-state index >= 15 is 0 Å². The highest BCUT2D eigenvalue weighted by molar-refractivity contribution is 14.0. The van der Waals surface area contributed by atoms with Crippen LogP contribution >= 0.6 is 35.7 Å². The molecule has 10 heteroatoms. The Balaban J connectivity index is 0.00000364. The maximum Gasteiger partial charge on any atom is 0.403 e. The summed E-state index contributed by atoms with van der Waals surface area (Å²) in [6.07, 6.45) is -2.43. The first-order chi connectivity index (χ1) is 12.2. The van der Waals surface area contributed by atoms with Gasteiger partial charge in [0, 0.05) is 38.0 Å². The van der Waals surface area contributed by atoms with Crippen molar-refractivity contribution in [2.75, 3.05) is 45.0 Å². The van der Waals surface area contributed by atoms with Crippen molar-refractivity contribution in [1.82, 2.24) is 15.1 Å². The van der Waals surface area contributed by atoms with Gasteiger partial charge in [-0.1, -0.05) is 6.92 Å². The first kappa shape index (κ1) is 25.1. The van der Waals surface area contributed by atoms with Gasteiger partial charge in [0.25, 0.3) is 0 Å². The van der Waals surface area contributed by atoms with Crippen LogP contribution in [0.3, 0.4) is 0 Å². The zero-order valence-corrected chi connectivity index (χ0v) is 19.4. The molecule has 2 rings (SSSR count). The molecule has 2 aliphatic rings. The molecule has 1 aliphatic heterocycles. The molecule has 0 bridgehead atoms. The molecule has 1 saturated carbocycles. The largest absolute Gasteiger partial charge is 0.403 e. The smallest absolute Gasteiger partial charge is 0.387 e. The van der Waals surface area contributed by atoms with Gasteiger partial charge in [-0.2, -0.15) is 24.9 Å². The number of aliphatic imine (C=N–C) groups is 1. The van der Waals surface area contributed by atoms with Gasteiger partial charge in [0.1, 0.15) is 6.04 Å². The third-order valence-corrected chi connectivity index (χ3v) is 6.69. The molecule has 2 N–H and O–H groups in total. The lowest BCUT2D eigenvalue weighted by Crippen LogP contribution is -2.57. The Morgan fingerprint density at radius 1 is 1.30 bits per heavy atom. The molecule has 1 heterocycles. The van der Waals surface area contributed by atoms with E-state index in [0.29, 0.717) is 45.2 Å². The van der Waals surface area contributed by atoms with Gasteiger partial charge in [-0.25, -0.2) is 0 Å². The van der Waals surface area contributed by atoms with E-state index in [4.69, 9.17) is 0 Å². The lowest BCUT2D eigenvalue weighted by atomic mass is 9.79.